The van der Waals surface area contributed by atoms with Crippen molar-refractivity contribution in [1.29, 1.82) is 0 Å². The molecule has 0 aromatic rings. The second kappa shape index (κ2) is 5.88. The summed E-state index contributed by atoms with van der Waals surface area (Å²) in [6.45, 7) is 2.89. The molecule has 0 aromatic heterocycles. The molecule has 4 aliphatic carbocycles. The van der Waals surface area contributed by atoms with Gasteiger partial charge < -0.3 is 5.11 Å². The average molecular weight is 314 g/mol. The van der Waals surface area contributed by atoms with E-state index in [0.29, 0.717) is 17.8 Å². The molecular formula is C21H30O2. The van der Waals surface area contributed by atoms with Crippen LogP contribution in [0.4, 0.5) is 0 Å². The zero-order valence-corrected chi connectivity index (χ0v) is 14.4. The van der Waals surface area contributed by atoms with Gasteiger partial charge in [-0.25, -0.2) is 0 Å². The molecule has 0 spiro atoms. The van der Waals surface area contributed by atoms with E-state index >= 15 is 0 Å². The Balaban J connectivity index is 1.62. The molecular weight excluding hydrogens is 284 g/mol. The van der Waals surface area contributed by atoms with Crippen molar-refractivity contribution in [2.24, 2.45) is 23.2 Å². The lowest BCUT2D eigenvalue weighted by Crippen LogP contribution is -2.40. The van der Waals surface area contributed by atoms with Crippen LogP contribution >= 0.6 is 0 Å². The minimum absolute atomic E-state index is 0.341. The van der Waals surface area contributed by atoms with Crippen molar-refractivity contribution in [1.82, 2.24) is 0 Å². The third kappa shape index (κ3) is 2.45. The number of hydrogen-bond donors (Lipinski definition) is 1. The van der Waals surface area contributed by atoms with Gasteiger partial charge in [0, 0.05) is 13.0 Å². The summed E-state index contributed by atoms with van der Waals surface area (Å²) < 4.78 is 0. The highest BCUT2D eigenvalue weighted by Crippen LogP contribution is 2.62. The Morgan fingerprint density at radius 3 is 2.87 bits per heavy atom. The molecule has 23 heavy (non-hydrogen) atoms. The van der Waals surface area contributed by atoms with Gasteiger partial charge in [0.1, 0.15) is 0 Å². The van der Waals surface area contributed by atoms with Crippen LogP contribution in [0, 0.1) is 23.2 Å². The van der Waals surface area contributed by atoms with Crippen LogP contribution in [0.15, 0.2) is 22.8 Å². The smallest absolute Gasteiger partial charge is 0.156 e. The van der Waals surface area contributed by atoms with E-state index in [2.05, 4.69) is 6.92 Å². The number of ketones is 1. The number of fused-ring (bicyclic) bond motifs is 4. The maximum atomic E-state index is 11.7. The van der Waals surface area contributed by atoms with Gasteiger partial charge in [-0.3, -0.25) is 4.79 Å². The average Bonchev–Trinajstić information content (AvgIpc) is 2.89. The SMILES string of the molecule is C[C@]12CCC3=C4CCC(=O)C=C4CC[C@H]3[C@@H]1CC[C@H]2CCCO. The second-order valence-corrected chi connectivity index (χ2v) is 8.54. The first-order chi connectivity index (χ1) is 11.1. The van der Waals surface area contributed by atoms with Crippen LogP contribution in [0.3, 0.4) is 0 Å². The molecule has 0 aliphatic heterocycles. The summed E-state index contributed by atoms with van der Waals surface area (Å²) in [5.41, 5.74) is 5.20. The third-order valence-electron chi connectivity index (χ3n) is 7.64. The standard InChI is InChI=1S/C21H30O2/c1-21-11-10-18-17-8-6-16(23)13-14(17)4-7-19(18)20(21)9-5-15(21)3-2-12-22/h13,15,19-20,22H,2-12H2,1H3/t15-,19-,20+,21-/m1/s1. The molecule has 0 unspecified atom stereocenters. The molecule has 2 saturated carbocycles. The summed E-state index contributed by atoms with van der Waals surface area (Å²) >= 11 is 0. The number of rotatable bonds is 3. The molecule has 0 aromatic carbocycles. The minimum Gasteiger partial charge on any atom is -0.396 e. The van der Waals surface area contributed by atoms with Crippen LogP contribution in [0.1, 0.15) is 71.1 Å². The van der Waals surface area contributed by atoms with Crippen molar-refractivity contribution in [3.8, 4) is 0 Å². The molecule has 4 atom stereocenters. The Bertz CT molecular complexity index is 570. The van der Waals surface area contributed by atoms with Gasteiger partial charge in [-0.1, -0.05) is 12.5 Å². The van der Waals surface area contributed by atoms with E-state index in [0.717, 1.165) is 43.4 Å². The van der Waals surface area contributed by atoms with E-state index < -0.39 is 0 Å². The van der Waals surface area contributed by atoms with Gasteiger partial charge in [0.05, 0.1) is 0 Å². The van der Waals surface area contributed by atoms with E-state index in [1.165, 1.54) is 44.1 Å². The number of carbonyl (C=O) groups excluding carboxylic acids is 1. The summed E-state index contributed by atoms with van der Waals surface area (Å²) in [5, 5.41) is 9.20. The first kappa shape index (κ1) is 15.6. The second-order valence-electron chi connectivity index (χ2n) is 8.54. The number of allylic oxidation sites excluding steroid dienone is 4. The first-order valence-corrected chi connectivity index (χ1v) is 9.70. The van der Waals surface area contributed by atoms with Crippen molar-refractivity contribution in [3.63, 3.8) is 0 Å². The quantitative estimate of drug-likeness (QED) is 0.828. The van der Waals surface area contributed by atoms with Gasteiger partial charge in [0.2, 0.25) is 0 Å². The fourth-order valence-corrected chi connectivity index (χ4v) is 6.45. The summed E-state index contributed by atoms with van der Waals surface area (Å²) in [4.78, 5) is 11.7. The Morgan fingerprint density at radius 1 is 1.17 bits per heavy atom. The van der Waals surface area contributed by atoms with Crippen LogP contribution < -0.4 is 0 Å². The lowest BCUT2D eigenvalue weighted by molar-refractivity contribution is -0.114. The van der Waals surface area contributed by atoms with Crippen molar-refractivity contribution >= 4 is 5.78 Å². The molecule has 0 saturated heterocycles. The van der Waals surface area contributed by atoms with Crippen molar-refractivity contribution < 1.29 is 9.90 Å². The Kier molecular flexibility index (Phi) is 3.99. The highest BCUT2D eigenvalue weighted by molar-refractivity contribution is 5.93. The summed E-state index contributed by atoms with van der Waals surface area (Å²) in [5.74, 6) is 2.79. The van der Waals surface area contributed by atoms with Gasteiger partial charge in [-0.05, 0) is 98.2 Å². The largest absolute Gasteiger partial charge is 0.396 e. The van der Waals surface area contributed by atoms with E-state index in [4.69, 9.17) is 0 Å². The molecule has 0 radical (unpaired) electrons. The fraction of sp³-hybridized carbons (Fsp3) is 0.762. The highest BCUT2D eigenvalue weighted by atomic mass is 16.2. The Hall–Kier alpha value is -0.890. The summed E-state index contributed by atoms with van der Waals surface area (Å²) in [6, 6.07) is 0. The molecule has 0 heterocycles. The molecule has 2 heteroatoms. The molecule has 2 nitrogen and oxygen atoms in total. The van der Waals surface area contributed by atoms with Crippen LogP contribution in [0.5, 0.6) is 0 Å². The maximum absolute atomic E-state index is 11.7. The lowest BCUT2D eigenvalue weighted by Gasteiger charge is -2.49. The fourth-order valence-electron chi connectivity index (χ4n) is 6.45. The maximum Gasteiger partial charge on any atom is 0.156 e. The highest BCUT2D eigenvalue weighted by Gasteiger charge is 2.52. The molecule has 0 bridgehead atoms. The van der Waals surface area contributed by atoms with Gasteiger partial charge in [-0.15, -0.1) is 0 Å². The number of aliphatic hydroxyl groups is 1. The normalized spacial score (nSPS) is 39.7. The van der Waals surface area contributed by atoms with Crippen LogP contribution in [0.25, 0.3) is 0 Å². The van der Waals surface area contributed by atoms with Crippen LogP contribution in [-0.4, -0.2) is 17.5 Å². The monoisotopic (exact) mass is 314 g/mol. The number of hydrogen-bond acceptors (Lipinski definition) is 2. The molecule has 0 amide bonds. The molecule has 4 aliphatic rings. The van der Waals surface area contributed by atoms with Crippen LogP contribution in [0.2, 0.25) is 0 Å². The lowest BCUT2D eigenvalue weighted by atomic mass is 9.55. The zero-order chi connectivity index (χ0) is 16.0. The van der Waals surface area contributed by atoms with Crippen molar-refractivity contribution in [2.75, 3.05) is 6.61 Å². The molecule has 126 valence electrons. The zero-order valence-electron chi connectivity index (χ0n) is 14.4. The topological polar surface area (TPSA) is 37.3 Å². The molecule has 4 rings (SSSR count). The Morgan fingerprint density at radius 2 is 2.04 bits per heavy atom. The van der Waals surface area contributed by atoms with Crippen LogP contribution in [-0.2, 0) is 4.79 Å². The summed E-state index contributed by atoms with van der Waals surface area (Å²) in [7, 11) is 0. The third-order valence-corrected chi connectivity index (χ3v) is 7.64. The molecule has 2 fully saturated rings. The van der Waals surface area contributed by atoms with Crippen molar-refractivity contribution in [2.45, 2.75) is 71.1 Å². The minimum atomic E-state index is 0.341. The number of carbonyl (C=O) groups is 1. The van der Waals surface area contributed by atoms with Crippen molar-refractivity contribution in [3.05, 3.63) is 22.8 Å². The van der Waals surface area contributed by atoms with E-state index in [1.807, 2.05) is 6.08 Å². The van der Waals surface area contributed by atoms with Gasteiger partial charge >= 0.3 is 0 Å². The van der Waals surface area contributed by atoms with E-state index in [1.54, 1.807) is 11.1 Å². The van der Waals surface area contributed by atoms with Gasteiger partial charge in [0.15, 0.2) is 5.78 Å². The first-order valence-electron chi connectivity index (χ1n) is 9.70. The molecule has 1 N–H and O–H groups in total. The predicted molar refractivity (Wildman–Crippen MR) is 91.9 cm³/mol. The van der Waals surface area contributed by atoms with Gasteiger partial charge in [-0.2, -0.15) is 0 Å². The van der Waals surface area contributed by atoms with Gasteiger partial charge in [0.25, 0.3) is 0 Å². The summed E-state index contributed by atoms with van der Waals surface area (Å²) in [6.07, 6.45) is 13.6. The Labute approximate surface area is 140 Å². The van der Waals surface area contributed by atoms with E-state index in [-0.39, 0.29) is 0 Å². The number of aliphatic hydroxyl groups excluding tert-OH is 1. The predicted octanol–water partition coefficient (Wildman–Crippen LogP) is 4.58. The van der Waals surface area contributed by atoms with E-state index in [9.17, 15) is 9.90 Å².